The number of amides is 1. The van der Waals surface area contributed by atoms with Crippen molar-refractivity contribution in [3.05, 3.63) is 22.7 Å². The van der Waals surface area contributed by atoms with E-state index in [1.807, 2.05) is 0 Å². The molecule has 2 saturated heterocycles. The number of carboxylic acids is 1. The molecular formula is C20H31N4O14PS2. The van der Waals surface area contributed by atoms with Crippen LogP contribution in [0.2, 0.25) is 0 Å². The van der Waals surface area contributed by atoms with Gasteiger partial charge in [0.2, 0.25) is 5.91 Å². The number of nitrogen functional groups attached to an aromatic ring is 1. The Hall–Kier alpha value is -1.81. The molecule has 9 N–H and O–H groups in total. The number of anilines is 1. The van der Waals surface area contributed by atoms with E-state index in [2.05, 4.69) is 35.6 Å². The third-order valence-electron chi connectivity index (χ3n) is 6.31. The van der Waals surface area contributed by atoms with E-state index in [1.165, 1.54) is 12.3 Å². The lowest BCUT2D eigenvalue weighted by molar-refractivity contribution is -0.288. The lowest BCUT2D eigenvalue weighted by Crippen LogP contribution is -2.67. The van der Waals surface area contributed by atoms with Crippen molar-refractivity contribution in [2.75, 3.05) is 18.9 Å². The van der Waals surface area contributed by atoms with Gasteiger partial charge in [-0.2, -0.15) is 30.2 Å². The maximum absolute atomic E-state index is 12.9. The summed E-state index contributed by atoms with van der Waals surface area (Å²) in [5.74, 6) is -5.93. The summed E-state index contributed by atoms with van der Waals surface area (Å²) < 4.78 is 34.8. The zero-order chi connectivity index (χ0) is 30.9. The number of phosphoric ester groups is 1. The van der Waals surface area contributed by atoms with Crippen LogP contribution in [0.4, 0.5) is 5.82 Å². The number of aliphatic carboxylic acids is 1. The lowest BCUT2D eigenvalue weighted by Gasteiger charge is -2.46. The van der Waals surface area contributed by atoms with Crippen molar-refractivity contribution < 1.29 is 63.1 Å². The number of carbonyl (C=O) groups excluding carboxylic acids is 1. The van der Waals surface area contributed by atoms with Gasteiger partial charge in [-0.25, -0.2) is 18.7 Å². The van der Waals surface area contributed by atoms with E-state index in [1.54, 1.807) is 0 Å². The third kappa shape index (κ3) is 7.59. The Morgan fingerprint density at radius 1 is 1.37 bits per heavy atom. The highest BCUT2D eigenvalue weighted by atomic mass is 32.1. The fourth-order valence-corrected chi connectivity index (χ4v) is 5.98. The highest BCUT2D eigenvalue weighted by Gasteiger charge is 2.59. The summed E-state index contributed by atoms with van der Waals surface area (Å²) in [6.07, 6.45) is -9.69. The Bertz CT molecular complexity index is 1230. The molecule has 1 aromatic heterocycles. The van der Waals surface area contributed by atoms with Crippen LogP contribution in [0.25, 0.3) is 0 Å². The zero-order valence-corrected chi connectivity index (χ0v) is 23.9. The molecule has 0 radical (unpaired) electrons. The van der Waals surface area contributed by atoms with E-state index >= 15 is 0 Å². The molecule has 2 aliphatic heterocycles. The van der Waals surface area contributed by atoms with Crippen LogP contribution in [-0.4, -0.2) is 118 Å². The second-order valence-corrected chi connectivity index (χ2v) is 11.9. The number of carbonyl (C=O) groups is 2. The van der Waals surface area contributed by atoms with Crippen molar-refractivity contribution >= 4 is 50.8 Å². The number of nitrogens with one attached hydrogen (secondary N) is 1. The number of hydrogen-bond donors (Lipinski definition) is 10. The summed E-state index contributed by atoms with van der Waals surface area (Å²) in [7, 11) is -5.38. The monoisotopic (exact) mass is 646 g/mol. The van der Waals surface area contributed by atoms with E-state index < -0.39 is 104 Å². The minimum atomic E-state index is -5.38. The van der Waals surface area contributed by atoms with E-state index in [4.69, 9.17) is 24.3 Å². The number of nitrogens with two attached hydrogens (primary N) is 1. The maximum atomic E-state index is 12.9. The average molecular weight is 647 g/mol. The van der Waals surface area contributed by atoms with Crippen LogP contribution in [0.5, 0.6) is 0 Å². The van der Waals surface area contributed by atoms with E-state index in [-0.39, 0.29) is 5.82 Å². The first-order valence-corrected chi connectivity index (χ1v) is 14.4. The van der Waals surface area contributed by atoms with Gasteiger partial charge in [0, 0.05) is 24.8 Å². The summed E-state index contributed by atoms with van der Waals surface area (Å²) >= 11 is 8.73. The first-order chi connectivity index (χ1) is 19.0. The van der Waals surface area contributed by atoms with Crippen molar-refractivity contribution in [3.63, 3.8) is 0 Å². The van der Waals surface area contributed by atoms with Crippen LogP contribution in [0, 0.1) is 0 Å². The molecule has 18 nitrogen and oxygen atoms in total. The summed E-state index contributed by atoms with van der Waals surface area (Å²) in [5, 5.41) is 50.7. The smallest absolute Gasteiger partial charge is 0.475 e. The van der Waals surface area contributed by atoms with Crippen molar-refractivity contribution in [2.45, 2.75) is 72.4 Å². The lowest BCUT2D eigenvalue weighted by atomic mass is 9.88. The summed E-state index contributed by atoms with van der Waals surface area (Å²) in [5.41, 5.74) is 4.73. The Morgan fingerprint density at radius 3 is 2.59 bits per heavy atom. The zero-order valence-electron chi connectivity index (χ0n) is 21.2. The van der Waals surface area contributed by atoms with Crippen LogP contribution < -0.4 is 16.7 Å². The van der Waals surface area contributed by atoms with Gasteiger partial charge in [0.05, 0.1) is 36.7 Å². The Morgan fingerprint density at radius 2 is 2.02 bits per heavy atom. The van der Waals surface area contributed by atoms with Gasteiger partial charge < -0.3 is 51.0 Å². The molecule has 2 aliphatic rings. The third-order valence-corrected chi connectivity index (χ3v) is 8.78. The summed E-state index contributed by atoms with van der Waals surface area (Å²) in [6.45, 7) is -0.705. The molecule has 41 heavy (non-hydrogen) atoms. The number of rotatable bonds is 11. The van der Waals surface area contributed by atoms with Crippen LogP contribution in [-0.2, 0) is 32.7 Å². The Balaban J connectivity index is 1.79. The number of aromatic nitrogens is 2. The molecule has 3 rings (SSSR count). The second kappa shape index (κ2) is 13.2. The summed E-state index contributed by atoms with van der Waals surface area (Å²) in [4.78, 5) is 50.1. The standard InChI is InChI=1S/C20H31N4O14PS2/c1-7(26)22-12-8(27)4-20(18(30)31,37-14(12)13(29)9(28)5-25)38-39(33,34)35-6-10-15(40)16(41)17(36-10)24-3-2-11(21)23-19(24)32/h2-3,8-10,12-17,25,27-29,40-41H,4-6H2,1H3,(H,22,26)(H,30,31)(H,33,34)(H2,21,23,32)/t8-,9+,10+,12+,13+,14?,15-,16-,17+,20+/m0/s1. The van der Waals surface area contributed by atoms with E-state index in [0.717, 1.165) is 11.5 Å². The largest absolute Gasteiger partial charge is 0.477 e. The van der Waals surface area contributed by atoms with Gasteiger partial charge in [-0.3, -0.25) is 13.9 Å². The number of thiol groups is 2. The van der Waals surface area contributed by atoms with Gasteiger partial charge >= 0.3 is 19.5 Å². The number of phosphoric acid groups is 1. The molecular weight excluding hydrogens is 615 g/mol. The molecule has 0 aromatic carbocycles. The minimum absolute atomic E-state index is 0.0351. The fourth-order valence-electron chi connectivity index (χ4n) is 4.32. The number of hydrogen-bond acceptors (Lipinski definition) is 16. The molecule has 0 bridgehead atoms. The molecule has 21 heteroatoms. The number of ether oxygens (including phenoxy) is 2. The van der Waals surface area contributed by atoms with Gasteiger partial charge in [0.1, 0.15) is 24.1 Å². The first kappa shape index (κ1) is 33.7. The molecule has 3 heterocycles. The number of carboxylic acid groups (broad SMARTS) is 1. The second-order valence-electron chi connectivity index (χ2n) is 9.32. The maximum Gasteiger partial charge on any atom is 0.475 e. The van der Waals surface area contributed by atoms with E-state index in [9.17, 15) is 49.4 Å². The highest BCUT2D eigenvalue weighted by molar-refractivity contribution is 7.85. The predicted octanol–water partition coefficient (Wildman–Crippen LogP) is -3.40. The predicted molar refractivity (Wildman–Crippen MR) is 142 cm³/mol. The quantitative estimate of drug-likeness (QED) is 0.0828. The number of nitrogens with zero attached hydrogens (tertiary/aromatic N) is 2. The van der Waals surface area contributed by atoms with Gasteiger partial charge in [-0.1, -0.05) is 0 Å². The number of aliphatic hydroxyl groups excluding tert-OH is 4. The Kier molecular flexibility index (Phi) is 10.9. The summed E-state index contributed by atoms with van der Waals surface area (Å²) in [6, 6.07) is -0.186. The normalized spacial score (nSPS) is 34.9. The van der Waals surface area contributed by atoms with Crippen LogP contribution in [0.15, 0.2) is 17.1 Å². The average Bonchev–Trinajstić information content (AvgIpc) is 3.16. The van der Waals surface area contributed by atoms with Crippen molar-refractivity contribution in [1.82, 2.24) is 14.9 Å². The van der Waals surface area contributed by atoms with Crippen LogP contribution in [0.3, 0.4) is 0 Å². The molecule has 232 valence electrons. The molecule has 1 aromatic rings. The minimum Gasteiger partial charge on any atom is -0.477 e. The molecule has 0 spiro atoms. The van der Waals surface area contributed by atoms with Crippen molar-refractivity contribution in [3.8, 4) is 0 Å². The van der Waals surface area contributed by atoms with Gasteiger partial charge in [0.25, 0.3) is 5.79 Å². The highest BCUT2D eigenvalue weighted by Crippen LogP contribution is 2.51. The fraction of sp³-hybridized carbons (Fsp3) is 0.700. The van der Waals surface area contributed by atoms with Gasteiger partial charge in [-0.05, 0) is 6.07 Å². The van der Waals surface area contributed by atoms with E-state index in [0.29, 0.717) is 0 Å². The molecule has 2 unspecified atom stereocenters. The SMILES string of the molecule is CC(=O)N[C@H]1C([C@H](O)[C@H](O)CO)O[C@](OP(=O)(O)OC[C@H]2O[C@@H](n3ccc(N)nc3=O)[C@@H](S)[C@H]2S)(C(=O)O)C[C@@H]1O. The van der Waals surface area contributed by atoms with Crippen LogP contribution in [0.1, 0.15) is 19.6 Å². The van der Waals surface area contributed by atoms with Gasteiger partial charge in [0.15, 0.2) is 6.23 Å². The molecule has 1 amide bonds. The topological polar surface area (TPSA) is 282 Å². The Labute approximate surface area is 242 Å². The molecule has 0 aliphatic carbocycles. The molecule has 11 atom stereocenters. The van der Waals surface area contributed by atoms with Gasteiger partial charge in [-0.15, -0.1) is 0 Å². The van der Waals surface area contributed by atoms with Crippen molar-refractivity contribution in [1.29, 1.82) is 0 Å². The molecule has 2 fully saturated rings. The van der Waals surface area contributed by atoms with Crippen molar-refractivity contribution in [2.24, 2.45) is 0 Å². The molecule has 0 saturated carbocycles. The first-order valence-electron chi connectivity index (χ1n) is 11.9. The van der Waals surface area contributed by atoms with Crippen LogP contribution >= 0.6 is 33.1 Å². The number of aliphatic hydroxyl groups is 4.